The molecule has 0 aromatic heterocycles. The van der Waals surface area contributed by atoms with E-state index in [4.69, 9.17) is 4.74 Å². The third-order valence-electron chi connectivity index (χ3n) is 5.71. The number of fused-ring (bicyclic) bond motifs is 2. The lowest BCUT2D eigenvalue weighted by molar-refractivity contribution is -0.158. The molecular weight excluding hydrogens is 278 g/mol. The highest BCUT2D eigenvalue weighted by Gasteiger charge is 2.68. The van der Waals surface area contributed by atoms with Crippen LogP contribution in [0, 0.1) is 5.41 Å². The zero-order valence-electron chi connectivity index (χ0n) is 14.5. The highest BCUT2D eigenvalue weighted by Crippen LogP contribution is 2.62. The molecule has 4 heteroatoms. The van der Waals surface area contributed by atoms with Gasteiger partial charge < -0.3 is 15.2 Å². The van der Waals surface area contributed by atoms with Crippen molar-refractivity contribution in [2.45, 2.75) is 89.8 Å². The zero-order chi connectivity index (χ0) is 16.3. The lowest BCUT2D eigenvalue weighted by Crippen LogP contribution is -2.54. The zero-order valence-corrected chi connectivity index (χ0v) is 14.5. The predicted molar refractivity (Wildman–Crippen MR) is 87.7 cm³/mol. The summed E-state index contributed by atoms with van der Waals surface area (Å²) < 4.78 is 6.58. The summed E-state index contributed by atoms with van der Waals surface area (Å²) in [7, 11) is 0. The van der Waals surface area contributed by atoms with Crippen LogP contribution in [0.25, 0.3) is 0 Å². The van der Waals surface area contributed by atoms with E-state index in [0.717, 1.165) is 57.9 Å². The number of hydrogen-bond acceptors (Lipinski definition) is 3. The van der Waals surface area contributed by atoms with E-state index in [1.54, 1.807) is 0 Å². The number of rotatable bonds is 8. The van der Waals surface area contributed by atoms with Crippen LogP contribution in [0.3, 0.4) is 0 Å². The second-order valence-corrected chi connectivity index (χ2v) is 7.31. The highest BCUT2D eigenvalue weighted by molar-refractivity contribution is 5.85. The van der Waals surface area contributed by atoms with E-state index in [1.165, 1.54) is 0 Å². The Morgan fingerprint density at radius 2 is 1.82 bits per heavy atom. The molecule has 2 aliphatic rings. The molecule has 0 radical (unpaired) electrons. The van der Waals surface area contributed by atoms with Crippen LogP contribution in [0.15, 0.2) is 0 Å². The summed E-state index contributed by atoms with van der Waals surface area (Å²) in [5.41, 5.74) is -1.34. The first-order valence-corrected chi connectivity index (χ1v) is 9.13. The Morgan fingerprint density at radius 3 is 2.36 bits per heavy atom. The van der Waals surface area contributed by atoms with Gasteiger partial charge >= 0.3 is 0 Å². The molecule has 1 saturated heterocycles. The van der Waals surface area contributed by atoms with Crippen molar-refractivity contribution in [3.8, 4) is 0 Å². The quantitative estimate of drug-likeness (QED) is 0.724. The van der Waals surface area contributed by atoms with Gasteiger partial charge in [0, 0.05) is 6.54 Å². The van der Waals surface area contributed by atoms with Gasteiger partial charge in [0.1, 0.15) is 0 Å². The molecule has 2 rings (SSSR count). The van der Waals surface area contributed by atoms with Crippen molar-refractivity contribution >= 4 is 5.91 Å². The number of nitrogens with one attached hydrogen (secondary N) is 1. The molecule has 4 nitrogen and oxygen atoms in total. The maximum atomic E-state index is 13.1. The fourth-order valence-corrected chi connectivity index (χ4v) is 4.92. The summed E-state index contributed by atoms with van der Waals surface area (Å²) in [4.78, 5) is 13.1. The average molecular weight is 311 g/mol. The van der Waals surface area contributed by atoms with Crippen molar-refractivity contribution in [2.75, 3.05) is 13.2 Å². The van der Waals surface area contributed by atoms with Crippen LogP contribution in [0.4, 0.5) is 0 Å². The van der Waals surface area contributed by atoms with Crippen molar-refractivity contribution < 1.29 is 14.6 Å². The maximum absolute atomic E-state index is 13.1. The molecular formula is C18H33NO3. The number of aliphatic hydroxyl groups excluding tert-OH is 1. The predicted octanol–water partition coefficient (Wildman–Crippen LogP) is 3.17. The number of carbonyl (C=O) groups excluding carboxylic acids is 1. The van der Waals surface area contributed by atoms with Gasteiger partial charge in [-0.15, -0.1) is 0 Å². The lowest BCUT2D eigenvalue weighted by Gasteiger charge is -2.43. The molecule has 1 amide bonds. The molecule has 2 bridgehead atoms. The minimum Gasteiger partial charge on any atom is -0.393 e. The fourth-order valence-electron chi connectivity index (χ4n) is 4.92. The van der Waals surface area contributed by atoms with Gasteiger partial charge in [0.15, 0.2) is 0 Å². The van der Waals surface area contributed by atoms with Crippen molar-refractivity contribution in [1.29, 1.82) is 0 Å². The standard InChI is InChI=1S/C18H33NO3/c1-4-8-18(9-5-2)17(15(21)19-12-6-3)11-7-10-16(13-17,14-20)22-18/h20H,4-14H2,1-3H3,(H,19,21). The third kappa shape index (κ3) is 2.69. The lowest BCUT2D eigenvalue weighted by atomic mass is 9.60. The van der Waals surface area contributed by atoms with E-state index < -0.39 is 16.6 Å². The Morgan fingerprint density at radius 1 is 1.14 bits per heavy atom. The summed E-state index contributed by atoms with van der Waals surface area (Å²) >= 11 is 0. The second-order valence-electron chi connectivity index (χ2n) is 7.31. The number of hydrogen-bond donors (Lipinski definition) is 2. The summed E-state index contributed by atoms with van der Waals surface area (Å²) in [5, 5.41) is 13.1. The van der Waals surface area contributed by atoms with Gasteiger partial charge in [-0.25, -0.2) is 0 Å². The molecule has 0 aromatic rings. The fraction of sp³-hybridized carbons (Fsp3) is 0.944. The molecule has 2 unspecified atom stereocenters. The molecule has 1 saturated carbocycles. The van der Waals surface area contributed by atoms with Gasteiger partial charge in [-0.1, -0.05) is 33.6 Å². The average Bonchev–Trinajstić information content (AvgIpc) is 2.71. The third-order valence-corrected chi connectivity index (χ3v) is 5.71. The largest absolute Gasteiger partial charge is 0.393 e. The topological polar surface area (TPSA) is 58.6 Å². The van der Waals surface area contributed by atoms with Crippen LogP contribution in [0.5, 0.6) is 0 Å². The number of ether oxygens (including phenoxy) is 1. The van der Waals surface area contributed by atoms with E-state index >= 15 is 0 Å². The van der Waals surface area contributed by atoms with Gasteiger partial charge in [0.2, 0.25) is 5.91 Å². The Balaban J connectivity index is 2.41. The Labute approximate surface area is 135 Å². The summed E-state index contributed by atoms with van der Waals surface area (Å²) in [5.74, 6) is 0.159. The van der Waals surface area contributed by atoms with Gasteiger partial charge in [0.25, 0.3) is 0 Å². The smallest absolute Gasteiger partial charge is 0.229 e. The van der Waals surface area contributed by atoms with Crippen molar-refractivity contribution in [3.05, 3.63) is 0 Å². The molecule has 2 N–H and O–H groups in total. The number of amides is 1. The van der Waals surface area contributed by atoms with Gasteiger partial charge in [-0.2, -0.15) is 0 Å². The van der Waals surface area contributed by atoms with Crippen LogP contribution in [-0.2, 0) is 9.53 Å². The van der Waals surface area contributed by atoms with Crippen molar-refractivity contribution in [2.24, 2.45) is 5.41 Å². The molecule has 0 aromatic carbocycles. The van der Waals surface area contributed by atoms with Gasteiger partial charge in [-0.3, -0.25) is 4.79 Å². The van der Waals surface area contributed by atoms with E-state index in [1.807, 2.05) is 0 Å². The molecule has 1 aliphatic carbocycles. The molecule has 1 aliphatic heterocycles. The maximum Gasteiger partial charge on any atom is 0.229 e. The monoisotopic (exact) mass is 311 g/mol. The molecule has 2 atom stereocenters. The van der Waals surface area contributed by atoms with E-state index in [0.29, 0.717) is 6.42 Å². The normalized spacial score (nSPS) is 32.9. The molecule has 2 fully saturated rings. The summed E-state index contributed by atoms with van der Waals surface area (Å²) in [6.45, 7) is 7.15. The first-order valence-electron chi connectivity index (χ1n) is 9.13. The first kappa shape index (κ1) is 17.7. The number of carbonyl (C=O) groups is 1. The van der Waals surface area contributed by atoms with Gasteiger partial charge in [-0.05, 0) is 44.9 Å². The molecule has 22 heavy (non-hydrogen) atoms. The highest BCUT2D eigenvalue weighted by atomic mass is 16.5. The van der Waals surface area contributed by atoms with E-state index in [9.17, 15) is 9.90 Å². The Kier molecular flexibility index (Phi) is 5.54. The van der Waals surface area contributed by atoms with Crippen LogP contribution in [0.1, 0.15) is 78.6 Å². The summed E-state index contributed by atoms with van der Waals surface area (Å²) in [6, 6.07) is 0. The minimum atomic E-state index is -0.494. The van der Waals surface area contributed by atoms with Crippen LogP contribution < -0.4 is 5.32 Å². The van der Waals surface area contributed by atoms with E-state index in [2.05, 4.69) is 26.1 Å². The Hall–Kier alpha value is -0.610. The second kappa shape index (κ2) is 6.88. The molecule has 1 heterocycles. The van der Waals surface area contributed by atoms with Crippen molar-refractivity contribution in [3.63, 3.8) is 0 Å². The van der Waals surface area contributed by atoms with Crippen LogP contribution in [0.2, 0.25) is 0 Å². The van der Waals surface area contributed by atoms with Crippen molar-refractivity contribution in [1.82, 2.24) is 5.32 Å². The van der Waals surface area contributed by atoms with Crippen LogP contribution >= 0.6 is 0 Å². The minimum absolute atomic E-state index is 0.0327. The molecule has 128 valence electrons. The number of aliphatic hydroxyl groups is 1. The van der Waals surface area contributed by atoms with Gasteiger partial charge in [0.05, 0.1) is 23.2 Å². The van der Waals surface area contributed by atoms with Crippen LogP contribution in [-0.4, -0.2) is 35.4 Å². The first-order chi connectivity index (χ1) is 10.5. The Bertz CT molecular complexity index is 392. The summed E-state index contributed by atoms with van der Waals surface area (Å²) in [6.07, 6.45) is 8.19. The molecule has 0 spiro atoms. The SMILES string of the molecule is CCCNC(=O)C12CCCC(CO)(C1)OC2(CCC)CCC. The van der Waals surface area contributed by atoms with E-state index in [-0.39, 0.29) is 12.5 Å².